The summed E-state index contributed by atoms with van der Waals surface area (Å²) in [7, 11) is 0.503. The first-order valence-corrected chi connectivity index (χ1v) is 16.2. The number of aromatic amines is 1. The number of hydrogen-bond acceptors (Lipinski definition) is 7. The average Bonchev–Trinajstić information content (AvgIpc) is 3.26. The molecule has 3 rings (SSSR count). The van der Waals surface area contributed by atoms with Crippen LogP contribution in [0, 0.1) is 10.8 Å². The van der Waals surface area contributed by atoms with Gasteiger partial charge in [-0.2, -0.15) is 0 Å². The van der Waals surface area contributed by atoms with Gasteiger partial charge in [0.1, 0.15) is 5.65 Å². The predicted molar refractivity (Wildman–Crippen MR) is 153 cm³/mol. The van der Waals surface area contributed by atoms with Gasteiger partial charge in [-0.15, -0.1) is 0 Å². The van der Waals surface area contributed by atoms with Gasteiger partial charge >= 0.3 is 7.05 Å². The van der Waals surface area contributed by atoms with E-state index in [1.54, 1.807) is 19.4 Å². The molecule has 8 nitrogen and oxygen atoms in total. The number of ether oxygens (including phenoxy) is 1. The van der Waals surface area contributed by atoms with Crippen LogP contribution >= 0.6 is 0 Å². The normalized spacial score (nSPS) is 16.7. The zero-order valence-electron chi connectivity index (χ0n) is 22.3. The number of anilines is 1. The van der Waals surface area contributed by atoms with Gasteiger partial charge in [0, 0.05) is 88.0 Å². The second kappa shape index (κ2) is 13.7. The SMILES string of the molecule is CCN(B(C)O)[C@H]1CCCN(c2ccnc3[nH]cc(/C(C=N)=C/C=N)c23)C1.COCC[Si](C)(C)C. The summed E-state index contributed by atoms with van der Waals surface area (Å²) < 4.78 is 4.95. The summed E-state index contributed by atoms with van der Waals surface area (Å²) in [5.41, 5.74) is 3.43. The monoisotopic (exact) mass is 498 g/mol. The number of piperidine rings is 1. The highest BCUT2D eigenvalue weighted by molar-refractivity contribution is 6.76. The van der Waals surface area contributed by atoms with Crippen molar-refractivity contribution < 1.29 is 9.76 Å². The minimum atomic E-state index is -0.803. The van der Waals surface area contributed by atoms with Crippen LogP contribution < -0.4 is 4.90 Å². The molecule has 4 N–H and O–H groups in total. The van der Waals surface area contributed by atoms with E-state index in [-0.39, 0.29) is 0 Å². The molecule has 2 aromatic rings. The molecule has 1 aliphatic rings. The molecule has 2 aromatic heterocycles. The molecule has 0 saturated carbocycles. The molecule has 0 spiro atoms. The fourth-order valence-electron chi connectivity index (χ4n) is 4.52. The third-order valence-electron chi connectivity index (χ3n) is 6.39. The number of likely N-dealkylation sites (N-methyl/N-ethyl adjacent to an activating group) is 1. The van der Waals surface area contributed by atoms with Crippen LogP contribution in [0.3, 0.4) is 0 Å². The van der Waals surface area contributed by atoms with Crippen molar-refractivity contribution in [2.45, 2.75) is 58.3 Å². The summed E-state index contributed by atoms with van der Waals surface area (Å²) in [5, 5.41) is 26.2. The van der Waals surface area contributed by atoms with Gasteiger partial charge in [-0.25, -0.2) is 4.98 Å². The van der Waals surface area contributed by atoms with E-state index in [0.717, 1.165) is 61.4 Å². The Bertz CT molecular complexity index is 988. The Morgan fingerprint density at radius 3 is 2.69 bits per heavy atom. The number of nitrogens with zero attached hydrogens (tertiary/aromatic N) is 3. The number of rotatable bonds is 10. The van der Waals surface area contributed by atoms with E-state index in [1.165, 1.54) is 18.5 Å². The molecular formula is C25H43BN6O2Si. The van der Waals surface area contributed by atoms with Gasteiger partial charge in [0.15, 0.2) is 0 Å². The lowest BCUT2D eigenvalue weighted by Crippen LogP contribution is -2.52. The van der Waals surface area contributed by atoms with Crippen LogP contribution in [0.15, 0.2) is 24.5 Å². The number of hydrogen-bond donors (Lipinski definition) is 4. The molecule has 35 heavy (non-hydrogen) atoms. The van der Waals surface area contributed by atoms with Gasteiger partial charge in [-0.3, -0.25) is 0 Å². The number of methoxy groups -OCH3 is 1. The van der Waals surface area contributed by atoms with Gasteiger partial charge in [0.05, 0.1) is 0 Å². The molecule has 0 unspecified atom stereocenters. The lowest BCUT2D eigenvalue weighted by molar-refractivity contribution is 0.214. The average molecular weight is 499 g/mol. The second-order valence-corrected chi connectivity index (χ2v) is 15.8. The first kappa shape index (κ1) is 29.0. The minimum Gasteiger partial charge on any atom is -0.437 e. The number of pyridine rings is 1. The van der Waals surface area contributed by atoms with Crippen molar-refractivity contribution in [3.63, 3.8) is 0 Å². The zero-order valence-corrected chi connectivity index (χ0v) is 23.3. The lowest BCUT2D eigenvalue weighted by Gasteiger charge is -2.41. The van der Waals surface area contributed by atoms with Crippen LogP contribution in [0.4, 0.5) is 5.69 Å². The molecule has 0 amide bonds. The van der Waals surface area contributed by atoms with Gasteiger partial charge in [-0.05, 0) is 44.4 Å². The van der Waals surface area contributed by atoms with Gasteiger partial charge in [0.25, 0.3) is 0 Å². The van der Waals surface area contributed by atoms with E-state index < -0.39 is 15.1 Å². The molecule has 1 saturated heterocycles. The molecule has 1 atom stereocenters. The molecule has 192 valence electrons. The van der Waals surface area contributed by atoms with E-state index in [0.29, 0.717) is 11.6 Å². The summed E-state index contributed by atoms with van der Waals surface area (Å²) in [4.78, 5) is 12.1. The first-order chi connectivity index (χ1) is 16.7. The molecular weight excluding hydrogens is 455 g/mol. The van der Waals surface area contributed by atoms with Crippen molar-refractivity contribution >= 4 is 49.8 Å². The summed E-state index contributed by atoms with van der Waals surface area (Å²) in [5.74, 6) is 0. The number of allylic oxidation sites excluding steroid dienone is 2. The predicted octanol–water partition coefficient (Wildman–Crippen LogP) is 4.62. The molecule has 0 bridgehead atoms. The van der Waals surface area contributed by atoms with Crippen LogP contribution in [0.1, 0.15) is 25.3 Å². The topological polar surface area (TPSA) is 112 Å². The maximum absolute atomic E-state index is 10.1. The second-order valence-electron chi connectivity index (χ2n) is 10.2. The Kier molecular flexibility index (Phi) is 11.4. The Balaban J connectivity index is 0.000000466. The molecule has 1 aliphatic heterocycles. The molecule has 3 heterocycles. The highest BCUT2D eigenvalue weighted by atomic mass is 28.3. The summed E-state index contributed by atoms with van der Waals surface area (Å²) >= 11 is 0. The van der Waals surface area contributed by atoms with Crippen molar-refractivity contribution in [1.82, 2.24) is 14.8 Å². The molecule has 0 aliphatic carbocycles. The Morgan fingerprint density at radius 2 is 2.14 bits per heavy atom. The fourth-order valence-corrected chi connectivity index (χ4v) is 5.33. The van der Waals surface area contributed by atoms with Gasteiger partial charge in [0.2, 0.25) is 0 Å². The van der Waals surface area contributed by atoms with Crippen molar-refractivity contribution in [3.8, 4) is 0 Å². The maximum Gasteiger partial charge on any atom is 0.376 e. The number of H-pyrrole nitrogens is 1. The lowest BCUT2D eigenvalue weighted by atomic mass is 9.81. The number of fused-ring (bicyclic) bond motifs is 1. The van der Waals surface area contributed by atoms with Crippen molar-refractivity contribution in [3.05, 3.63) is 30.1 Å². The third kappa shape index (κ3) is 8.13. The standard InChI is InChI=1S/C19H27BN6O.C6H16OSi/c1-3-26(20(2)27)15-5-4-10-25(13-15)17-7-9-23-19-18(17)16(12-24-19)14(11-22)6-8-21;1-7-5-6-8(2,3)4/h6-9,11-12,15,21-22,27H,3-5,10,13H2,1-2H3,(H,23,24);5-6H2,1-4H3/b14-6+,21-8?,22-11?;/t15-;/m0./s1. The van der Waals surface area contributed by atoms with E-state index in [4.69, 9.17) is 15.6 Å². The van der Waals surface area contributed by atoms with E-state index in [9.17, 15) is 5.02 Å². The van der Waals surface area contributed by atoms with E-state index in [2.05, 4.69) is 46.2 Å². The summed E-state index contributed by atoms with van der Waals surface area (Å²) in [6, 6.07) is 3.60. The molecule has 10 heteroatoms. The van der Waals surface area contributed by atoms with Crippen molar-refractivity contribution in [2.75, 3.05) is 38.3 Å². The largest absolute Gasteiger partial charge is 0.437 e. The molecule has 1 fully saturated rings. The van der Waals surface area contributed by atoms with Crippen molar-refractivity contribution in [2.24, 2.45) is 0 Å². The smallest absolute Gasteiger partial charge is 0.376 e. The van der Waals surface area contributed by atoms with Gasteiger partial charge in [-0.1, -0.05) is 26.6 Å². The Morgan fingerprint density at radius 1 is 1.40 bits per heavy atom. The highest BCUT2D eigenvalue weighted by Crippen LogP contribution is 2.34. The maximum atomic E-state index is 10.1. The van der Waals surface area contributed by atoms with Crippen LogP contribution in [0.25, 0.3) is 16.6 Å². The number of aromatic nitrogens is 2. The third-order valence-corrected chi connectivity index (χ3v) is 8.09. The summed E-state index contributed by atoms with van der Waals surface area (Å²) in [6.07, 6.45) is 9.89. The van der Waals surface area contributed by atoms with E-state index in [1.807, 2.05) is 19.1 Å². The van der Waals surface area contributed by atoms with Gasteiger partial charge < -0.3 is 35.3 Å². The molecule has 0 radical (unpaired) electrons. The Labute approximate surface area is 211 Å². The van der Waals surface area contributed by atoms with Crippen LogP contribution in [0.5, 0.6) is 0 Å². The quantitative estimate of drug-likeness (QED) is 0.282. The molecule has 0 aromatic carbocycles. The van der Waals surface area contributed by atoms with Crippen LogP contribution in [-0.2, 0) is 4.74 Å². The van der Waals surface area contributed by atoms with Crippen LogP contribution in [0.2, 0.25) is 32.5 Å². The van der Waals surface area contributed by atoms with E-state index >= 15 is 0 Å². The fraction of sp³-hybridized carbons (Fsp3) is 0.560. The first-order valence-electron chi connectivity index (χ1n) is 12.5. The number of nitrogens with one attached hydrogen (secondary N) is 3. The van der Waals surface area contributed by atoms with Crippen molar-refractivity contribution in [1.29, 1.82) is 10.8 Å². The zero-order chi connectivity index (χ0) is 26.0. The highest BCUT2D eigenvalue weighted by Gasteiger charge is 2.29. The summed E-state index contributed by atoms with van der Waals surface area (Å²) in [6.45, 7) is 14.5. The van der Waals surface area contributed by atoms with Crippen LogP contribution in [-0.4, -0.2) is 86.7 Å². The minimum absolute atomic E-state index is 0.300. The Hall–Kier alpha value is -2.27.